The predicted octanol–water partition coefficient (Wildman–Crippen LogP) is 3.24. The molecule has 0 unspecified atom stereocenters. The molecule has 0 fully saturated rings. The van der Waals surface area contributed by atoms with Gasteiger partial charge in [0.25, 0.3) is 0 Å². The van der Waals surface area contributed by atoms with Gasteiger partial charge in [-0.1, -0.05) is 42.5 Å². The summed E-state index contributed by atoms with van der Waals surface area (Å²) in [5.74, 6) is -0.0585. The van der Waals surface area contributed by atoms with E-state index in [4.69, 9.17) is 18.0 Å². The van der Waals surface area contributed by atoms with Crippen LogP contribution in [0.5, 0.6) is 0 Å². The number of benzene rings is 2. The summed E-state index contributed by atoms with van der Waals surface area (Å²) in [7, 11) is 0. The monoisotopic (exact) mass is 298 g/mol. The van der Waals surface area contributed by atoms with E-state index < -0.39 is 5.41 Å². The largest absolute Gasteiger partial charge is 0.389 e. The summed E-state index contributed by atoms with van der Waals surface area (Å²) < 4.78 is 0. The minimum Gasteiger partial charge on any atom is -0.389 e. The second-order valence-corrected chi connectivity index (χ2v) is 5.83. The first-order valence-corrected chi connectivity index (χ1v) is 7.09. The Balaban J connectivity index is 2.15. The van der Waals surface area contributed by atoms with Crippen LogP contribution in [0.3, 0.4) is 0 Å². The molecular weight excluding hydrogens is 280 g/mol. The van der Waals surface area contributed by atoms with E-state index >= 15 is 0 Å². The Morgan fingerprint density at radius 3 is 2.14 bits per heavy atom. The highest BCUT2D eigenvalue weighted by molar-refractivity contribution is 7.80. The van der Waals surface area contributed by atoms with Gasteiger partial charge in [0.2, 0.25) is 5.91 Å². The first kappa shape index (κ1) is 15.2. The van der Waals surface area contributed by atoms with Gasteiger partial charge in [-0.05, 0) is 43.7 Å². The Morgan fingerprint density at radius 2 is 1.62 bits per heavy atom. The predicted molar refractivity (Wildman–Crippen MR) is 90.4 cm³/mol. The standard InChI is InChI=1S/C17H18N2OS/c1-17(2,13-6-4-3-5-7-13)16(20)19-14-10-8-12(9-11-14)15(18)21/h3-11H,1-2H3,(H2,18,21)(H,19,20). The van der Waals surface area contributed by atoms with Crippen molar-refractivity contribution in [3.05, 3.63) is 65.7 Å². The molecule has 1 amide bonds. The number of carbonyl (C=O) groups excluding carboxylic acids is 1. The molecule has 0 saturated heterocycles. The number of carbonyl (C=O) groups is 1. The topological polar surface area (TPSA) is 55.1 Å². The molecule has 2 rings (SSSR count). The molecule has 3 nitrogen and oxygen atoms in total. The SMILES string of the molecule is CC(C)(C(=O)Nc1ccc(C(N)=S)cc1)c1ccccc1. The summed E-state index contributed by atoms with van der Waals surface area (Å²) in [6.07, 6.45) is 0. The fourth-order valence-electron chi connectivity index (χ4n) is 1.99. The third-order valence-electron chi connectivity index (χ3n) is 3.49. The number of anilines is 1. The molecule has 0 aliphatic heterocycles. The second kappa shape index (κ2) is 6.06. The Bertz CT molecular complexity index is 648. The Hall–Kier alpha value is -2.20. The Labute approximate surface area is 130 Å². The number of rotatable bonds is 4. The maximum Gasteiger partial charge on any atom is 0.234 e. The van der Waals surface area contributed by atoms with E-state index in [1.165, 1.54) is 0 Å². The molecule has 108 valence electrons. The number of thiocarbonyl (C=S) groups is 1. The van der Waals surface area contributed by atoms with Gasteiger partial charge < -0.3 is 11.1 Å². The van der Waals surface area contributed by atoms with Gasteiger partial charge in [-0.15, -0.1) is 0 Å². The lowest BCUT2D eigenvalue weighted by atomic mass is 9.83. The quantitative estimate of drug-likeness (QED) is 0.852. The van der Waals surface area contributed by atoms with Crippen LogP contribution in [0.2, 0.25) is 0 Å². The molecule has 0 saturated carbocycles. The molecule has 0 atom stereocenters. The molecule has 4 heteroatoms. The van der Waals surface area contributed by atoms with E-state index in [1.807, 2.05) is 44.2 Å². The van der Waals surface area contributed by atoms with E-state index in [-0.39, 0.29) is 5.91 Å². The van der Waals surface area contributed by atoms with Gasteiger partial charge in [0.1, 0.15) is 4.99 Å². The van der Waals surface area contributed by atoms with Crippen LogP contribution in [-0.2, 0) is 10.2 Å². The molecular formula is C17H18N2OS. The maximum atomic E-state index is 12.5. The molecule has 0 aromatic heterocycles. The van der Waals surface area contributed by atoms with Crippen molar-refractivity contribution >= 4 is 28.8 Å². The fraction of sp³-hybridized carbons (Fsp3) is 0.176. The molecule has 0 heterocycles. The zero-order valence-electron chi connectivity index (χ0n) is 12.1. The van der Waals surface area contributed by atoms with Crippen molar-refractivity contribution in [2.45, 2.75) is 19.3 Å². The van der Waals surface area contributed by atoms with Crippen LogP contribution in [0.4, 0.5) is 5.69 Å². The second-order valence-electron chi connectivity index (χ2n) is 5.39. The van der Waals surface area contributed by atoms with Gasteiger partial charge in [0, 0.05) is 11.3 Å². The van der Waals surface area contributed by atoms with Crippen LogP contribution >= 0.6 is 12.2 Å². The van der Waals surface area contributed by atoms with Crippen molar-refractivity contribution in [1.82, 2.24) is 0 Å². The van der Waals surface area contributed by atoms with Crippen molar-refractivity contribution in [1.29, 1.82) is 0 Å². The van der Waals surface area contributed by atoms with Gasteiger partial charge >= 0.3 is 0 Å². The van der Waals surface area contributed by atoms with Gasteiger partial charge in [-0.3, -0.25) is 4.79 Å². The zero-order valence-corrected chi connectivity index (χ0v) is 12.9. The lowest BCUT2D eigenvalue weighted by Gasteiger charge is -2.24. The normalized spacial score (nSPS) is 11.0. The Kier molecular flexibility index (Phi) is 4.38. The highest BCUT2D eigenvalue weighted by Crippen LogP contribution is 2.25. The average Bonchev–Trinajstić information content (AvgIpc) is 2.48. The number of hydrogen-bond donors (Lipinski definition) is 2. The minimum atomic E-state index is -0.608. The van der Waals surface area contributed by atoms with E-state index in [0.717, 1.165) is 16.8 Å². The van der Waals surface area contributed by atoms with Gasteiger partial charge in [-0.25, -0.2) is 0 Å². The first-order chi connectivity index (χ1) is 9.91. The molecule has 0 radical (unpaired) electrons. The van der Waals surface area contributed by atoms with Crippen LogP contribution in [-0.4, -0.2) is 10.9 Å². The highest BCUT2D eigenvalue weighted by atomic mass is 32.1. The number of hydrogen-bond acceptors (Lipinski definition) is 2. The summed E-state index contributed by atoms with van der Waals surface area (Å²) >= 11 is 4.91. The van der Waals surface area contributed by atoms with E-state index in [1.54, 1.807) is 24.3 Å². The summed E-state index contributed by atoms with van der Waals surface area (Å²) in [6, 6.07) is 16.9. The minimum absolute atomic E-state index is 0.0585. The van der Waals surface area contributed by atoms with Crippen molar-refractivity contribution < 1.29 is 4.79 Å². The van der Waals surface area contributed by atoms with Crippen LogP contribution < -0.4 is 11.1 Å². The first-order valence-electron chi connectivity index (χ1n) is 6.68. The lowest BCUT2D eigenvalue weighted by molar-refractivity contribution is -0.120. The van der Waals surface area contributed by atoms with Crippen LogP contribution in [0.1, 0.15) is 25.0 Å². The summed E-state index contributed by atoms with van der Waals surface area (Å²) in [5, 5.41) is 2.92. The van der Waals surface area contributed by atoms with Crippen molar-refractivity contribution in [3.63, 3.8) is 0 Å². The lowest BCUT2D eigenvalue weighted by Crippen LogP contribution is -2.34. The molecule has 21 heavy (non-hydrogen) atoms. The van der Waals surface area contributed by atoms with Gasteiger partial charge in [0.15, 0.2) is 0 Å². The van der Waals surface area contributed by atoms with Gasteiger partial charge in [-0.2, -0.15) is 0 Å². The van der Waals surface area contributed by atoms with E-state index in [0.29, 0.717) is 4.99 Å². The highest BCUT2D eigenvalue weighted by Gasteiger charge is 2.29. The molecule has 0 aliphatic carbocycles. The smallest absolute Gasteiger partial charge is 0.234 e. The fourth-order valence-corrected chi connectivity index (χ4v) is 2.13. The average molecular weight is 298 g/mol. The molecule has 3 N–H and O–H groups in total. The van der Waals surface area contributed by atoms with Crippen molar-refractivity contribution in [3.8, 4) is 0 Å². The molecule has 2 aromatic carbocycles. The van der Waals surface area contributed by atoms with Gasteiger partial charge in [0.05, 0.1) is 5.41 Å². The third-order valence-corrected chi connectivity index (χ3v) is 3.73. The third kappa shape index (κ3) is 3.47. The Morgan fingerprint density at radius 1 is 1.05 bits per heavy atom. The van der Waals surface area contributed by atoms with Crippen LogP contribution in [0.25, 0.3) is 0 Å². The van der Waals surface area contributed by atoms with Crippen LogP contribution in [0, 0.1) is 0 Å². The molecule has 0 spiro atoms. The zero-order chi connectivity index (χ0) is 15.5. The van der Waals surface area contributed by atoms with Crippen LogP contribution in [0.15, 0.2) is 54.6 Å². The molecule has 0 bridgehead atoms. The van der Waals surface area contributed by atoms with Crippen molar-refractivity contribution in [2.24, 2.45) is 5.73 Å². The number of nitrogens with two attached hydrogens (primary N) is 1. The van der Waals surface area contributed by atoms with E-state index in [9.17, 15) is 4.79 Å². The molecule has 2 aromatic rings. The number of amides is 1. The summed E-state index contributed by atoms with van der Waals surface area (Å²) in [4.78, 5) is 12.8. The maximum absolute atomic E-state index is 12.5. The summed E-state index contributed by atoms with van der Waals surface area (Å²) in [6.45, 7) is 3.81. The van der Waals surface area contributed by atoms with Crippen molar-refractivity contribution in [2.75, 3.05) is 5.32 Å². The summed E-state index contributed by atoms with van der Waals surface area (Å²) in [5.41, 5.74) is 7.43. The van der Waals surface area contributed by atoms with E-state index in [2.05, 4.69) is 5.32 Å². The molecule has 0 aliphatic rings. The number of nitrogens with one attached hydrogen (secondary N) is 1.